The minimum atomic E-state index is -2.69. The van der Waals surface area contributed by atoms with E-state index in [1.54, 1.807) is 33.8 Å². The number of hydrogen-bond acceptors (Lipinski definition) is 7. The molecule has 0 bridgehead atoms. The molecule has 2 aromatic carbocycles. The third kappa shape index (κ3) is 4.30. The zero-order valence-electron chi connectivity index (χ0n) is 25.7. The summed E-state index contributed by atoms with van der Waals surface area (Å²) in [7, 11) is 0. The van der Waals surface area contributed by atoms with E-state index >= 15 is 0 Å². The van der Waals surface area contributed by atoms with Gasteiger partial charge < -0.3 is 10.2 Å². The number of carbonyl (C=O) groups is 5. The average molecular weight is 585 g/mol. The Morgan fingerprint density at radius 2 is 1.74 bits per heavy atom. The highest BCUT2D eigenvalue weighted by atomic mass is 16.3. The Labute approximate surface area is 252 Å². The molecule has 7 heteroatoms. The second-order valence-electron chi connectivity index (χ2n) is 13.9. The number of hydrogen-bond donors (Lipinski definition) is 2. The highest BCUT2D eigenvalue weighted by Crippen LogP contribution is 2.63. The molecule has 2 aromatic rings. The number of aliphatic hydroxyl groups is 1. The van der Waals surface area contributed by atoms with E-state index in [4.69, 9.17) is 0 Å². The van der Waals surface area contributed by atoms with Gasteiger partial charge in [-0.1, -0.05) is 70.2 Å². The molecule has 0 amide bonds. The quantitative estimate of drug-likeness (QED) is 0.455. The smallest absolute Gasteiger partial charge is 0.190 e. The topological polar surface area (TPSA) is 126 Å². The fourth-order valence-electron chi connectivity index (χ4n) is 8.73. The number of phenols is 1. The SMILES string of the molecule is C=C(CCc1ccc(O)c2c1C[C@]1(C)C[C@]3(C)C(C(C)C)C(=O)C(C(C)=O)C(=O)[C@]3(O)C(=O)C1C2=O)c1cccc(C)c1. The Morgan fingerprint density at radius 1 is 1.07 bits per heavy atom. The Kier molecular flexibility index (Phi) is 7.28. The first kappa shape index (κ1) is 30.7. The molecule has 43 heavy (non-hydrogen) atoms. The predicted molar refractivity (Wildman–Crippen MR) is 161 cm³/mol. The first-order valence-electron chi connectivity index (χ1n) is 15.0. The van der Waals surface area contributed by atoms with E-state index in [1.165, 1.54) is 6.07 Å². The van der Waals surface area contributed by atoms with Crippen LogP contribution in [0, 0.1) is 41.4 Å². The zero-order valence-corrected chi connectivity index (χ0v) is 25.7. The number of benzene rings is 2. The molecule has 0 radical (unpaired) electrons. The third-order valence-electron chi connectivity index (χ3n) is 10.5. The largest absolute Gasteiger partial charge is 0.507 e. The molecular weight excluding hydrogens is 544 g/mol. The third-order valence-corrected chi connectivity index (χ3v) is 10.5. The summed E-state index contributed by atoms with van der Waals surface area (Å²) in [6.45, 7) is 14.3. The fraction of sp³-hybridized carbons (Fsp3) is 0.472. The van der Waals surface area contributed by atoms with E-state index in [0.29, 0.717) is 18.4 Å². The van der Waals surface area contributed by atoms with Gasteiger partial charge in [-0.3, -0.25) is 24.0 Å². The van der Waals surface area contributed by atoms with Crippen LogP contribution >= 0.6 is 0 Å². The van der Waals surface area contributed by atoms with Gasteiger partial charge in [-0.05, 0) is 79.2 Å². The minimum absolute atomic E-state index is 0.0320. The van der Waals surface area contributed by atoms with Crippen LogP contribution in [0.25, 0.3) is 5.57 Å². The molecule has 7 nitrogen and oxygen atoms in total. The van der Waals surface area contributed by atoms with Crippen molar-refractivity contribution >= 4 is 34.5 Å². The number of ketones is 5. The van der Waals surface area contributed by atoms with Crippen molar-refractivity contribution in [1.82, 2.24) is 0 Å². The number of aryl methyl sites for hydroxylation is 2. The van der Waals surface area contributed by atoms with Crippen molar-refractivity contribution in [3.8, 4) is 5.75 Å². The van der Waals surface area contributed by atoms with E-state index in [9.17, 15) is 34.2 Å². The summed E-state index contributed by atoms with van der Waals surface area (Å²) in [5, 5.41) is 23.0. The normalized spacial score (nSPS) is 31.9. The summed E-state index contributed by atoms with van der Waals surface area (Å²) >= 11 is 0. The molecule has 3 unspecified atom stereocenters. The van der Waals surface area contributed by atoms with Crippen molar-refractivity contribution in [3.05, 3.63) is 70.8 Å². The average Bonchev–Trinajstić information content (AvgIpc) is 2.89. The van der Waals surface area contributed by atoms with Gasteiger partial charge in [0, 0.05) is 11.3 Å². The maximum atomic E-state index is 14.4. The second-order valence-corrected chi connectivity index (χ2v) is 13.9. The van der Waals surface area contributed by atoms with Crippen molar-refractivity contribution in [2.24, 2.45) is 34.5 Å². The van der Waals surface area contributed by atoms with Gasteiger partial charge in [-0.2, -0.15) is 0 Å². The van der Waals surface area contributed by atoms with E-state index in [0.717, 1.165) is 29.2 Å². The Morgan fingerprint density at radius 3 is 2.35 bits per heavy atom. The van der Waals surface area contributed by atoms with Crippen LogP contribution in [0.1, 0.15) is 80.1 Å². The number of rotatable bonds is 6. The van der Waals surface area contributed by atoms with Gasteiger partial charge in [-0.15, -0.1) is 0 Å². The maximum Gasteiger partial charge on any atom is 0.190 e. The highest BCUT2D eigenvalue weighted by Gasteiger charge is 2.76. The van der Waals surface area contributed by atoms with E-state index in [1.807, 2.05) is 25.1 Å². The summed E-state index contributed by atoms with van der Waals surface area (Å²) in [5.41, 5.74) is -0.675. The molecule has 5 rings (SSSR count). The summed E-state index contributed by atoms with van der Waals surface area (Å²) in [5.74, 6) is -8.85. The lowest BCUT2D eigenvalue weighted by molar-refractivity contribution is -0.205. The summed E-state index contributed by atoms with van der Waals surface area (Å²) in [6.07, 6.45) is 1.43. The Bertz CT molecular complexity index is 1620. The highest BCUT2D eigenvalue weighted by molar-refractivity contribution is 6.32. The van der Waals surface area contributed by atoms with Crippen molar-refractivity contribution in [2.45, 2.75) is 72.8 Å². The lowest BCUT2D eigenvalue weighted by Crippen LogP contribution is -2.76. The van der Waals surface area contributed by atoms with Crippen LogP contribution in [0.4, 0.5) is 0 Å². The molecule has 2 N–H and O–H groups in total. The summed E-state index contributed by atoms with van der Waals surface area (Å²) in [4.78, 5) is 68.6. The van der Waals surface area contributed by atoms with Gasteiger partial charge in [0.1, 0.15) is 17.5 Å². The number of fused-ring (bicyclic) bond motifs is 3. The first-order valence-corrected chi connectivity index (χ1v) is 15.0. The van der Waals surface area contributed by atoms with Crippen molar-refractivity contribution in [1.29, 1.82) is 0 Å². The van der Waals surface area contributed by atoms with E-state index in [2.05, 4.69) is 12.6 Å². The maximum absolute atomic E-state index is 14.4. The van der Waals surface area contributed by atoms with Gasteiger partial charge in [0.05, 0.1) is 11.5 Å². The van der Waals surface area contributed by atoms with E-state index < -0.39 is 63.1 Å². The van der Waals surface area contributed by atoms with Crippen LogP contribution < -0.4 is 0 Å². The van der Waals surface area contributed by atoms with Crippen LogP contribution in [0.2, 0.25) is 0 Å². The van der Waals surface area contributed by atoms with Gasteiger partial charge in [0.15, 0.2) is 28.7 Å². The number of aromatic hydroxyl groups is 1. The van der Waals surface area contributed by atoms with Gasteiger partial charge in [-0.25, -0.2) is 0 Å². The summed E-state index contributed by atoms with van der Waals surface area (Å²) in [6, 6.07) is 11.3. The van der Waals surface area contributed by atoms with Crippen molar-refractivity contribution in [2.75, 3.05) is 0 Å². The fourth-order valence-corrected chi connectivity index (χ4v) is 8.73. The molecule has 0 heterocycles. The molecule has 0 aromatic heterocycles. The molecule has 2 fully saturated rings. The van der Waals surface area contributed by atoms with Crippen LogP contribution in [0.3, 0.4) is 0 Å². The van der Waals surface area contributed by atoms with E-state index in [-0.39, 0.29) is 30.1 Å². The molecule has 2 saturated carbocycles. The van der Waals surface area contributed by atoms with Crippen molar-refractivity contribution < 1.29 is 34.2 Å². The van der Waals surface area contributed by atoms with Gasteiger partial charge in [0.2, 0.25) is 0 Å². The zero-order chi connectivity index (χ0) is 31.8. The molecule has 226 valence electrons. The standard InChI is InChI=1S/C36H40O7/c1-18(2)28-30(39)26(21(5)37)32(41)36(43)33(42)29-31(40)27-24(16-34(29,6)17-35(28,36)7)22(13-14-25(27)38)12-11-20(4)23-10-8-9-19(3)15-23/h8-10,13-15,18,26,28-29,38,43H,4,11-12,16-17H2,1-3,5-7H3/t26?,28?,29?,34-,35-,36+/m1/s1. The molecular formula is C36H40O7. The summed E-state index contributed by atoms with van der Waals surface area (Å²) < 4.78 is 0. The molecule has 0 saturated heterocycles. The predicted octanol–water partition coefficient (Wildman–Crippen LogP) is 5.05. The number of allylic oxidation sites excluding steroid dienone is 1. The number of Topliss-reactive ketones (excluding diaryl/α,β-unsaturated/α-hetero) is 5. The molecule has 3 aliphatic carbocycles. The van der Waals surface area contributed by atoms with Gasteiger partial charge >= 0.3 is 0 Å². The minimum Gasteiger partial charge on any atom is -0.507 e. The Balaban J connectivity index is 1.60. The van der Waals surface area contributed by atoms with Crippen LogP contribution in [0.5, 0.6) is 5.75 Å². The lowest BCUT2D eigenvalue weighted by Gasteiger charge is -2.61. The van der Waals surface area contributed by atoms with Crippen LogP contribution in [-0.4, -0.2) is 44.7 Å². The molecule has 3 aliphatic rings. The van der Waals surface area contributed by atoms with Gasteiger partial charge in [0.25, 0.3) is 0 Å². The van der Waals surface area contributed by atoms with Crippen LogP contribution in [0.15, 0.2) is 43.0 Å². The molecule has 0 spiro atoms. The number of carbonyl (C=O) groups excluding carboxylic acids is 5. The second kappa shape index (κ2) is 10.2. The lowest BCUT2D eigenvalue weighted by atomic mass is 9.40. The first-order chi connectivity index (χ1) is 20.0. The number of phenolic OH excluding ortho intramolecular Hbond substituents is 1. The van der Waals surface area contributed by atoms with Crippen molar-refractivity contribution in [3.63, 3.8) is 0 Å². The van der Waals surface area contributed by atoms with Crippen LogP contribution in [-0.2, 0) is 32.0 Å². The monoisotopic (exact) mass is 584 g/mol. The molecule has 0 aliphatic heterocycles. The Hall–Kier alpha value is -3.71. The molecule has 6 atom stereocenters.